The van der Waals surface area contributed by atoms with E-state index in [0.29, 0.717) is 10.9 Å². The number of nitrogens with one attached hydrogen (secondary N) is 1. The molecule has 0 radical (unpaired) electrons. The third-order valence-corrected chi connectivity index (χ3v) is 5.36. The first-order chi connectivity index (χ1) is 15.1. The molecule has 2 aromatic heterocycles. The molecule has 0 aliphatic heterocycles. The van der Waals surface area contributed by atoms with Crippen molar-refractivity contribution < 1.29 is 9.21 Å². The number of hydrogen-bond donors (Lipinski definition) is 1. The summed E-state index contributed by atoms with van der Waals surface area (Å²) in [6.45, 7) is 3.89. The van der Waals surface area contributed by atoms with Crippen LogP contribution in [0.3, 0.4) is 0 Å². The van der Waals surface area contributed by atoms with Crippen LogP contribution in [0.4, 0.5) is 0 Å². The molecule has 0 atom stereocenters. The molecule has 1 amide bonds. The van der Waals surface area contributed by atoms with Gasteiger partial charge in [0.25, 0.3) is 5.91 Å². The minimum absolute atomic E-state index is 0.146. The monoisotopic (exact) mass is 431 g/mol. The van der Waals surface area contributed by atoms with Gasteiger partial charge in [-0.05, 0) is 38.1 Å². The lowest BCUT2D eigenvalue weighted by atomic mass is 10.1. The van der Waals surface area contributed by atoms with Crippen LogP contribution in [0, 0.1) is 13.8 Å². The third-order valence-electron chi connectivity index (χ3n) is 4.43. The van der Waals surface area contributed by atoms with Gasteiger partial charge in [0.1, 0.15) is 11.5 Å². The molecule has 0 saturated carbocycles. The van der Waals surface area contributed by atoms with Gasteiger partial charge in [0.2, 0.25) is 0 Å². The number of nitrogens with zero attached hydrogens (tertiary/aromatic N) is 4. The van der Waals surface area contributed by atoms with E-state index in [9.17, 15) is 4.79 Å². The number of amides is 1. The lowest BCUT2D eigenvalue weighted by Crippen LogP contribution is -2.19. The maximum Gasteiger partial charge on any atom is 0.250 e. The number of hydrazone groups is 1. The average Bonchev–Trinajstić information content (AvgIpc) is 3.39. The molecule has 4 aromatic rings. The van der Waals surface area contributed by atoms with Gasteiger partial charge in [-0.2, -0.15) is 5.10 Å². The zero-order chi connectivity index (χ0) is 21.6. The summed E-state index contributed by atoms with van der Waals surface area (Å²) in [7, 11) is 0. The Bertz CT molecular complexity index is 1200. The molecular weight excluding hydrogens is 410 g/mol. The Hall–Kier alpha value is -3.65. The molecule has 0 aliphatic rings. The Morgan fingerprint density at radius 1 is 1.06 bits per heavy atom. The van der Waals surface area contributed by atoms with Gasteiger partial charge in [0.15, 0.2) is 11.0 Å². The van der Waals surface area contributed by atoms with Crippen molar-refractivity contribution in [3.8, 4) is 17.1 Å². The number of para-hydroxylation sites is 1. The molecule has 0 unspecified atom stereocenters. The second-order valence-electron chi connectivity index (χ2n) is 6.87. The van der Waals surface area contributed by atoms with E-state index < -0.39 is 0 Å². The number of carbonyl (C=O) groups is 1. The van der Waals surface area contributed by atoms with Crippen molar-refractivity contribution in [1.82, 2.24) is 20.2 Å². The van der Waals surface area contributed by atoms with Gasteiger partial charge >= 0.3 is 0 Å². The molecule has 31 heavy (non-hydrogen) atoms. The summed E-state index contributed by atoms with van der Waals surface area (Å²) >= 11 is 1.30. The number of aryl methyl sites for hydroxylation is 2. The van der Waals surface area contributed by atoms with Gasteiger partial charge in [-0.25, -0.2) is 5.43 Å². The SMILES string of the molecule is Cc1ccc(-c2nnc(SCC(=O)NN=Cc3ccc(C)o3)n2-c2ccccc2)cc1. The molecule has 8 heteroatoms. The highest BCUT2D eigenvalue weighted by molar-refractivity contribution is 7.99. The predicted octanol–water partition coefficient (Wildman–Crippen LogP) is 4.39. The normalized spacial score (nSPS) is 11.2. The van der Waals surface area contributed by atoms with Crippen molar-refractivity contribution in [2.24, 2.45) is 5.10 Å². The van der Waals surface area contributed by atoms with Gasteiger partial charge in [-0.15, -0.1) is 10.2 Å². The molecule has 0 fully saturated rings. The molecule has 0 spiro atoms. The summed E-state index contributed by atoms with van der Waals surface area (Å²) in [5, 5.41) is 13.3. The molecule has 0 bridgehead atoms. The number of carbonyl (C=O) groups excluding carboxylic acids is 1. The summed E-state index contributed by atoms with van der Waals surface area (Å²) < 4.78 is 7.34. The van der Waals surface area contributed by atoms with Gasteiger partial charge < -0.3 is 4.42 Å². The van der Waals surface area contributed by atoms with E-state index in [1.165, 1.54) is 23.5 Å². The lowest BCUT2D eigenvalue weighted by molar-refractivity contribution is -0.118. The van der Waals surface area contributed by atoms with E-state index in [-0.39, 0.29) is 11.7 Å². The highest BCUT2D eigenvalue weighted by Crippen LogP contribution is 2.28. The number of hydrogen-bond acceptors (Lipinski definition) is 6. The molecule has 0 saturated heterocycles. The van der Waals surface area contributed by atoms with Crippen molar-refractivity contribution >= 4 is 23.9 Å². The smallest absolute Gasteiger partial charge is 0.250 e. The van der Waals surface area contributed by atoms with E-state index in [4.69, 9.17) is 4.42 Å². The summed E-state index contributed by atoms with van der Waals surface area (Å²) in [6.07, 6.45) is 1.47. The fourth-order valence-corrected chi connectivity index (χ4v) is 3.66. The molecule has 156 valence electrons. The molecule has 7 nitrogen and oxygen atoms in total. The minimum atomic E-state index is -0.246. The van der Waals surface area contributed by atoms with E-state index in [0.717, 1.165) is 22.8 Å². The number of rotatable bonds is 7. The Morgan fingerprint density at radius 3 is 2.55 bits per heavy atom. The zero-order valence-electron chi connectivity index (χ0n) is 17.1. The summed E-state index contributed by atoms with van der Waals surface area (Å²) in [4.78, 5) is 12.2. The number of furan rings is 1. The van der Waals surface area contributed by atoms with E-state index in [1.807, 2.05) is 79.1 Å². The highest BCUT2D eigenvalue weighted by Gasteiger charge is 2.17. The van der Waals surface area contributed by atoms with Crippen LogP contribution in [-0.2, 0) is 4.79 Å². The van der Waals surface area contributed by atoms with Gasteiger partial charge in [0, 0.05) is 11.3 Å². The van der Waals surface area contributed by atoms with Crippen LogP contribution in [0.15, 0.2) is 81.4 Å². The van der Waals surface area contributed by atoms with Crippen molar-refractivity contribution in [2.45, 2.75) is 19.0 Å². The quantitative estimate of drug-likeness (QED) is 0.267. The highest BCUT2D eigenvalue weighted by atomic mass is 32.2. The third kappa shape index (κ3) is 5.10. The van der Waals surface area contributed by atoms with Crippen LogP contribution < -0.4 is 5.43 Å². The average molecular weight is 432 g/mol. The van der Waals surface area contributed by atoms with Crippen molar-refractivity contribution in [2.75, 3.05) is 5.75 Å². The lowest BCUT2D eigenvalue weighted by Gasteiger charge is -2.10. The Balaban J connectivity index is 1.50. The van der Waals surface area contributed by atoms with Crippen LogP contribution >= 0.6 is 11.8 Å². The second-order valence-corrected chi connectivity index (χ2v) is 7.82. The topological polar surface area (TPSA) is 85.3 Å². The van der Waals surface area contributed by atoms with Crippen molar-refractivity contribution in [3.05, 3.63) is 83.8 Å². The maximum absolute atomic E-state index is 12.2. The number of aromatic nitrogens is 3. The van der Waals surface area contributed by atoms with Gasteiger partial charge in [-0.1, -0.05) is 59.8 Å². The molecule has 2 aromatic carbocycles. The fourth-order valence-electron chi connectivity index (χ4n) is 2.92. The van der Waals surface area contributed by atoms with Crippen molar-refractivity contribution in [3.63, 3.8) is 0 Å². The Labute approximate surface area is 184 Å². The van der Waals surface area contributed by atoms with Crippen LogP contribution in [0.25, 0.3) is 17.1 Å². The molecular formula is C23H21N5O2S. The van der Waals surface area contributed by atoms with Crippen LogP contribution in [0.5, 0.6) is 0 Å². The van der Waals surface area contributed by atoms with E-state index >= 15 is 0 Å². The van der Waals surface area contributed by atoms with E-state index in [1.54, 1.807) is 6.07 Å². The Morgan fingerprint density at radius 2 is 1.84 bits per heavy atom. The first kappa shape index (κ1) is 20.6. The number of thioether (sulfide) groups is 1. The van der Waals surface area contributed by atoms with E-state index in [2.05, 4.69) is 20.7 Å². The first-order valence-corrected chi connectivity index (χ1v) is 10.7. The minimum Gasteiger partial charge on any atom is -0.460 e. The number of benzene rings is 2. The standard InChI is InChI=1S/C23H21N5O2S/c1-16-8-11-18(12-9-16)22-26-27-23(28(22)19-6-4-3-5-7-19)31-15-21(29)25-24-14-20-13-10-17(2)30-20/h3-14H,15H2,1-2H3,(H,25,29). The maximum atomic E-state index is 12.2. The van der Waals surface area contributed by atoms with Gasteiger partial charge in [0.05, 0.1) is 12.0 Å². The summed E-state index contributed by atoms with van der Waals surface area (Å²) in [5.41, 5.74) is 5.56. The molecule has 2 heterocycles. The summed E-state index contributed by atoms with van der Waals surface area (Å²) in [6, 6.07) is 21.6. The van der Waals surface area contributed by atoms with Crippen LogP contribution in [0.1, 0.15) is 17.1 Å². The van der Waals surface area contributed by atoms with Crippen molar-refractivity contribution in [1.29, 1.82) is 0 Å². The van der Waals surface area contributed by atoms with Crippen LogP contribution in [-0.4, -0.2) is 32.6 Å². The fraction of sp³-hybridized carbons (Fsp3) is 0.130. The molecule has 1 N–H and O–H groups in total. The zero-order valence-corrected chi connectivity index (χ0v) is 18.0. The first-order valence-electron chi connectivity index (χ1n) is 9.69. The predicted molar refractivity (Wildman–Crippen MR) is 121 cm³/mol. The second kappa shape index (κ2) is 9.44. The van der Waals surface area contributed by atoms with Crippen LogP contribution in [0.2, 0.25) is 0 Å². The van der Waals surface area contributed by atoms with Gasteiger partial charge in [-0.3, -0.25) is 9.36 Å². The molecule has 0 aliphatic carbocycles. The largest absolute Gasteiger partial charge is 0.460 e. The molecule has 4 rings (SSSR count). The summed E-state index contributed by atoms with van der Waals surface area (Å²) in [5.74, 6) is 1.99. The Kier molecular flexibility index (Phi) is 6.28.